The number of methoxy groups -OCH3 is 1. The molecule has 1 aromatic rings. The molecule has 1 aromatic carbocycles. The van der Waals surface area contributed by atoms with Crippen molar-refractivity contribution in [2.24, 2.45) is 0 Å². The van der Waals surface area contributed by atoms with Crippen molar-refractivity contribution in [2.75, 3.05) is 20.2 Å². The maximum absolute atomic E-state index is 12.1. The fraction of sp³-hybridized carbons (Fsp3) is 0.467. The lowest BCUT2D eigenvalue weighted by Crippen LogP contribution is -2.58. The molecule has 1 aliphatic heterocycles. The topological polar surface area (TPSA) is 58.6 Å². The van der Waals surface area contributed by atoms with Crippen molar-refractivity contribution < 1.29 is 14.3 Å². The molecule has 0 aromatic heterocycles. The fourth-order valence-corrected chi connectivity index (χ4v) is 2.30. The molecule has 1 unspecified atom stereocenters. The summed E-state index contributed by atoms with van der Waals surface area (Å²) < 4.78 is 5.11. The van der Waals surface area contributed by atoms with Crippen LogP contribution in [0.25, 0.3) is 0 Å². The second kappa shape index (κ2) is 6.41. The van der Waals surface area contributed by atoms with E-state index < -0.39 is 0 Å². The van der Waals surface area contributed by atoms with Gasteiger partial charge in [-0.25, -0.2) is 0 Å². The second-order valence-electron chi connectivity index (χ2n) is 4.89. The van der Waals surface area contributed by atoms with Gasteiger partial charge in [-0.3, -0.25) is 9.59 Å². The summed E-state index contributed by atoms with van der Waals surface area (Å²) in [5.74, 6) is 0.750. The zero-order chi connectivity index (χ0) is 14.5. The van der Waals surface area contributed by atoms with E-state index in [0.29, 0.717) is 13.0 Å². The third kappa shape index (κ3) is 3.29. The fourth-order valence-electron chi connectivity index (χ4n) is 2.30. The number of ether oxygens (including phenoxy) is 1. The Hall–Kier alpha value is -2.04. The van der Waals surface area contributed by atoms with Crippen LogP contribution >= 0.6 is 0 Å². The van der Waals surface area contributed by atoms with Crippen LogP contribution in [0.1, 0.15) is 18.9 Å². The predicted molar refractivity (Wildman–Crippen MR) is 75.5 cm³/mol. The first-order valence-electron chi connectivity index (χ1n) is 6.85. The Morgan fingerprint density at radius 1 is 1.30 bits per heavy atom. The number of amides is 2. The summed E-state index contributed by atoms with van der Waals surface area (Å²) in [5.41, 5.74) is 1.12. The molecule has 1 atom stereocenters. The van der Waals surface area contributed by atoms with Crippen molar-refractivity contribution in [3.8, 4) is 5.75 Å². The van der Waals surface area contributed by atoms with E-state index in [4.69, 9.17) is 4.74 Å². The van der Waals surface area contributed by atoms with Gasteiger partial charge in [-0.2, -0.15) is 0 Å². The average molecular weight is 276 g/mol. The highest BCUT2D eigenvalue weighted by molar-refractivity contribution is 5.94. The molecule has 5 heteroatoms. The normalized spacial score (nSPS) is 18.9. The average Bonchev–Trinajstić information content (AvgIpc) is 2.48. The van der Waals surface area contributed by atoms with Gasteiger partial charge in [0.05, 0.1) is 13.7 Å². The van der Waals surface area contributed by atoms with E-state index in [1.165, 1.54) is 0 Å². The first kappa shape index (κ1) is 14.4. The maximum atomic E-state index is 12.1. The highest BCUT2D eigenvalue weighted by Gasteiger charge is 2.30. The summed E-state index contributed by atoms with van der Waals surface area (Å²) in [5, 5.41) is 2.71. The van der Waals surface area contributed by atoms with E-state index in [1.54, 1.807) is 12.0 Å². The Labute approximate surface area is 118 Å². The van der Waals surface area contributed by atoms with Gasteiger partial charge < -0.3 is 15.0 Å². The van der Waals surface area contributed by atoms with Crippen LogP contribution in [0, 0.1) is 0 Å². The Bertz CT molecular complexity index is 484. The molecule has 1 heterocycles. The van der Waals surface area contributed by atoms with E-state index >= 15 is 0 Å². The number of carbonyl (C=O) groups is 2. The summed E-state index contributed by atoms with van der Waals surface area (Å²) in [4.78, 5) is 25.3. The van der Waals surface area contributed by atoms with Gasteiger partial charge in [-0.1, -0.05) is 19.1 Å². The van der Waals surface area contributed by atoms with Gasteiger partial charge in [0, 0.05) is 6.54 Å². The number of rotatable bonds is 5. The Morgan fingerprint density at radius 2 is 2.00 bits per heavy atom. The van der Waals surface area contributed by atoms with E-state index in [0.717, 1.165) is 17.7 Å². The third-order valence-electron chi connectivity index (χ3n) is 3.52. The maximum Gasteiger partial charge on any atom is 0.245 e. The van der Waals surface area contributed by atoms with Crippen molar-refractivity contribution in [2.45, 2.75) is 25.8 Å². The highest BCUT2D eigenvalue weighted by atomic mass is 16.5. The van der Waals surface area contributed by atoms with Gasteiger partial charge in [0.2, 0.25) is 11.8 Å². The van der Waals surface area contributed by atoms with Gasteiger partial charge in [0.25, 0.3) is 0 Å². The summed E-state index contributed by atoms with van der Waals surface area (Å²) >= 11 is 0. The number of hydrogen-bond donors (Lipinski definition) is 1. The number of hydrogen-bond acceptors (Lipinski definition) is 3. The van der Waals surface area contributed by atoms with E-state index in [9.17, 15) is 9.59 Å². The molecule has 1 N–H and O–H groups in total. The van der Waals surface area contributed by atoms with Crippen LogP contribution < -0.4 is 10.1 Å². The zero-order valence-corrected chi connectivity index (χ0v) is 11.9. The van der Waals surface area contributed by atoms with Gasteiger partial charge in [0.15, 0.2) is 0 Å². The standard InChI is InChI=1S/C15H20N2O3/c1-3-13-15(19)17(10-14(18)16-13)9-8-11-4-6-12(20-2)7-5-11/h4-7,13H,3,8-10H2,1-2H3,(H,16,18). The smallest absolute Gasteiger partial charge is 0.245 e. The lowest BCUT2D eigenvalue weighted by atomic mass is 10.1. The highest BCUT2D eigenvalue weighted by Crippen LogP contribution is 2.13. The van der Waals surface area contributed by atoms with Crippen molar-refractivity contribution in [1.29, 1.82) is 0 Å². The van der Waals surface area contributed by atoms with Gasteiger partial charge >= 0.3 is 0 Å². The molecular formula is C15H20N2O3. The van der Waals surface area contributed by atoms with E-state index in [1.807, 2.05) is 31.2 Å². The van der Waals surface area contributed by atoms with Crippen LogP contribution in [0.3, 0.4) is 0 Å². The van der Waals surface area contributed by atoms with Crippen LogP contribution in [-0.2, 0) is 16.0 Å². The summed E-state index contributed by atoms with van der Waals surface area (Å²) in [6.45, 7) is 2.62. The first-order valence-corrected chi connectivity index (χ1v) is 6.85. The van der Waals surface area contributed by atoms with E-state index in [-0.39, 0.29) is 24.4 Å². The number of piperazine rings is 1. The SMILES string of the molecule is CCC1NC(=O)CN(CCc2ccc(OC)cc2)C1=O. The van der Waals surface area contributed by atoms with Gasteiger partial charge in [-0.05, 0) is 30.5 Å². The van der Waals surface area contributed by atoms with Crippen LogP contribution in [0.4, 0.5) is 0 Å². The summed E-state index contributed by atoms with van der Waals surface area (Å²) in [6.07, 6.45) is 1.36. The second-order valence-corrected chi connectivity index (χ2v) is 4.89. The number of carbonyl (C=O) groups excluding carboxylic acids is 2. The molecule has 5 nitrogen and oxygen atoms in total. The molecule has 0 aliphatic carbocycles. The zero-order valence-electron chi connectivity index (χ0n) is 11.9. The molecule has 108 valence electrons. The molecule has 1 aliphatic rings. The van der Waals surface area contributed by atoms with Crippen LogP contribution in [-0.4, -0.2) is 43.0 Å². The molecule has 0 saturated carbocycles. The minimum atomic E-state index is -0.368. The molecule has 1 saturated heterocycles. The van der Waals surface area contributed by atoms with Gasteiger partial charge in [-0.15, -0.1) is 0 Å². The first-order chi connectivity index (χ1) is 9.63. The number of nitrogens with one attached hydrogen (secondary N) is 1. The van der Waals surface area contributed by atoms with Crippen molar-refractivity contribution in [1.82, 2.24) is 10.2 Å². The molecular weight excluding hydrogens is 256 g/mol. The van der Waals surface area contributed by atoms with Crippen LogP contribution in [0.5, 0.6) is 5.75 Å². The Balaban J connectivity index is 1.94. The largest absolute Gasteiger partial charge is 0.497 e. The minimum Gasteiger partial charge on any atom is -0.497 e. The molecule has 20 heavy (non-hydrogen) atoms. The monoisotopic (exact) mass is 276 g/mol. The van der Waals surface area contributed by atoms with Crippen molar-refractivity contribution in [3.63, 3.8) is 0 Å². The number of benzene rings is 1. The van der Waals surface area contributed by atoms with Crippen molar-refractivity contribution in [3.05, 3.63) is 29.8 Å². The lowest BCUT2D eigenvalue weighted by molar-refractivity contribution is -0.144. The molecule has 0 spiro atoms. The van der Waals surface area contributed by atoms with E-state index in [2.05, 4.69) is 5.32 Å². The van der Waals surface area contributed by atoms with Crippen LogP contribution in [0.2, 0.25) is 0 Å². The molecule has 2 amide bonds. The molecule has 0 bridgehead atoms. The van der Waals surface area contributed by atoms with Gasteiger partial charge in [0.1, 0.15) is 11.8 Å². The predicted octanol–water partition coefficient (Wildman–Crippen LogP) is 0.975. The quantitative estimate of drug-likeness (QED) is 0.872. The molecule has 0 radical (unpaired) electrons. The minimum absolute atomic E-state index is 0.0145. The Kier molecular flexibility index (Phi) is 4.61. The number of nitrogens with zero attached hydrogens (tertiary/aromatic N) is 1. The third-order valence-corrected chi connectivity index (χ3v) is 3.52. The molecule has 1 fully saturated rings. The summed E-state index contributed by atoms with van der Waals surface area (Å²) in [7, 11) is 1.63. The Morgan fingerprint density at radius 3 is 2.60 bits per heavy atom. The van der Waals surface area contributed by atoms with Crippen LogP contribution in [0.15, 0.2) is 24.3 Å². The molecule has 2 rings (SSSR count). The lowest BCUT2D eigenvalue weighted by Gasteiger charge is -2.32. The van der Waals surface area contributed by atoms with Crippen molar-refractivity contribution >= 4 is 11.8 Å². The summed E-state index contributed by atoms with van der Waals surface area (Å²) in [6, 6.07) is 7.38.